The van der Waals surface area contributed by atoms with Crippen LogP contribution in [-0.2, 0) is 22.4 Å². The molecule has 2 aromatic carbocycles. The van der Waals surface area contributed by atoms with Gasteiger partial charge in [0.25, 0.3) is 0 Å². The minimum absolute atomic E-state index is 0.0476. The number of nitrogens with two attached hydrogens (primary N) is 1. The van der Waals surface area contributed by atoms with Crippen molar-refractivity contribution in [3.8, 4) is 5.75 Å². The predicted molar refractivity (Wildman–Crippen MR) is 161 cm³/mol. The molecule has 0 amide bonds. The Kier molecular flexibility index (Phi) is 11.1. The van der Waals surface area contributed by atoms with Crippen molar-refractivity contribution in [3.63, 3.8) is 0 Å². The molecule has 0 spiro atoms. The fourth-order valence-electron chi connectivity index (χ4n) is 5.01. The number of unbranched alkanes of at least 4 members (excludes halogenated alkanes) is 3. The molecule has 0 unspecified atom stereocenters. The number of quaternary nitrogens is 1. The number of fused-ring (bicyclic) bond motifs is 3. The van der Waals surface area contributed by atoms with Crippen molar-refractivity contribution in [3.05, 3.63) is 58.9 Å². The number of nitrogens with zero attached hydrogens (tertiary/aromatic N) is 3. The fourth-order valence-corrected chi connectivity index (χ4v) is 5.01. The number of ether oxygens (including phenoxy) is 2. The molecule has 2 aromatic heterocycles. The second kappa shape index (κ2) is 14.8. The Bertz CT molecular complexity index is 1580. The number of rotatable bonds is 16. The van der Waals surface area contributed by atoms with E-state index in [-0.39, 0.29) is 19.1 Å². The van der Waals surface area contributed by atoms with Crippen LogP contribution in [0.25, 0.3) is 21.9 Å². The number of benzene rings is 2. The lowest BCUT2D eigenvalue weighted by molar-refractivity contribution is -0.891. The quantitative estimate of drug-likeness (QED) is 0.0377. The van der Waals surface area contributed by atoms with Gasteiger partial charge in [0, 0.05) is 17.9 Å². The van der Waals surface area contributed by atoms with Gasteiger partial charge < -0.3 is 24.7 Å². The summed E-state index contributed by atoms with van der Waals surface area (Å²) in [6.45, 7) is 4.07. The third-order valence-corrected chi connectivity index (χ3v) is 7.64. The molecule has 0 aliphatic rings. The van der Waals surface area contributed by atoms with Crippen LogP contribution in [-0.4, -0.2) is 65.8 Å². The lowest BCUT2D eigenvalue weighted by atomic mass is 10.0. The SMILES string of the molecule is CCCCc1nc2c([nH]1)c(N)nc1cc(CCCCC[N+](C)(C)CCOCCC(=O)Oc3c(F)c(F)cc(F)c3F)ccc12. The molecule has 2 heterocycles. The van der Waals surface area contributed by atoms with Gasteiger partial charge in [-0.05, 0) is 43.7 Å². The van der Waals surface area contributed by atoms with Crippen LogP contribution in [0.1, 0.15) is 56.8 Å². The maximum Gasteiger partial charge on any atom is 0.313 e. The Morgan fingerprint density at radius 3 is 2.41 bits per heavy atom. The third kappa shape index (κ3) is 8.44. The van der Waals surface area contributed by atoms with Crippen LogP contribution >= 0.6 is 0 Å². The molecule has 0 aliphatic heterocycles. The van der Waals surface area contributed by atoms with Crippen molar-refractivity contribution in [2.45, 2.75) is 58.3 Å². The van der Waals surface area contributed by atoms with Crippen LogP contribution in [0.4, 0.5) is 23.4 Å². The first-order valence-electron chi connectivity index (χ1n) is 15.0. The number of aromatic nitrogens is 3. The zero-order valence-electron chi connectivity index (χ0n) is 25.5. The molecular formula is C32H40F4N5O3+. The van der Waals surface area contributed by atoms with Crippen LogP contribution in [0.3, 0.4) is 0 Å². The average Bonchev–Trinajstić information content (AvgIpc) is 3.42. The van der Waals surface area contributed by atoms with E-state index in [2.05, 4.69) is 53.9 Å². The zero-order chi connectivity index (χ0) is 31.9. The highest BCUT2D eigenvalue weighted by molar-refractivity contribution is 6.06. The summed E-state index contributed by atoms with van der Waals surface area (Å²) in [5.74, 6) is -7.85. The highest BCUT2D eigenvalue weighted by Crippen LogP contribution is 2.28. The molecule has 0 saturated carbocycles. The second-order valence-corrected chi connectivity index (χ2v) is 11.7. The molecule has 0 fully saturated rings. The van der Waals surface area contributed by atoms with E-state index < -0.39 is 35.0 Å². The summed E-state index contributed by atoms with van der Waals surface area (Å²) in [5.41, 5.74) is 9.99. The number of aromatic amines is 1. The number of pyridine rings is 1. The average molecular weight is 619 g/mol. The standard InChI is InChI=1S/C32H40F4N5O3/c1-4-5-10-25-39-29-21-12-11-20(18-24(21)38-32(37)30(29)40-25)9-7-6-8-14-41(2,3)15-17-43-16-13-26(42)44-31-27(35)22(33)19-23(34)28(31)36/h11-12,18-19H,4-10,13-17H2,1-3H3,(H2,37,38)(H,39,40)/q+1. The van der Waals surface area contributed by atoms with E-state index in [0.29, 0.717) is 23.5 Å². The lowest BCUT2D eigenvalue weighted by Gasteiger charge is -2.29. The molecule has 0 aliphatic carbocycles. The van der Waals surface area contributed by atoms with Crippen molar-refractivity contribution in [2.75, 3.05) is 46.1 Å². The van der Waals surface area contributed by atoms with Crippen molar-refractivity contribution in [1.82, 2.24) is 15.0 Å². The van der Waals surface area contributed by atoms with E-state index in [1.807, 2.05) is 0 Å². The summed E-state index contributed by atoms with van der Waals surface area (Å²) in [6, 6.07) is 6.37. The van der Waals surface area contributed by atoms with Crippen LogP contribution < -0.4 is 10.5 Å². The number of likely N-dealkylation sites (N-methyl/N-ethyl adjacent to an activating group) is 1. The molecule has 8 nitrogen and oxygen atoms in total. The molecule has 238 valence electrons. The first-order chi connectivity index (χ1) is 21.0. The summed E-state index contributed by atoms with van der Waals surface area (Å²) in [7, 11) is 4.18. The number of esters is 1. The van der Waals surface area contributed by atoms with Crippen molar-refractivity contribution in [2.24, 2.45) is 0 Å². The van der Waals surface area contributed by atoms with E-state index in [9.17, 15) is 22.4 Å². The summed E-state index contributed by atoms with van der Waals surface area (Å²) in [4.78, 5) is 24.6. The summed E-state index contributed by atoms with van der Waals surface area (Å²) in [5, 5.41) is 1.000. The van der Waals surface area contributed by atoms with Crippen molar-refractivity contribution < 1.29 is 36.3 Å². The number of aryl methyl sites for hydroxylation is 2. The first kappa shape index (κ1) is 33.1. The van der Waals surface area contributed by atoms with E-state index in [1.165, 1.54) is 5.56 Å². The minimum atomic E-state index is -1.76. The van der Waals surface area contributed by atoms with Gasteiger partial charge in [-0.25, -0.2) is 18.7 Å². The molecule has 4 aromatic rings. The van der Waals surface area contributed by atoms with E-state index >= 15 is 0 Å². The molecule has 0 saturated heterocycles. The Balaban J connectivity index is 1.15. The highest BCUT2D eigenvalue weighted by Gasteiger charge is 2.23. The molecule has 0 bridgehead atoms. The van der Waals surface area contributed by atoms with Crippen LogP contribution in [0, 0.1) is 23.3 Å². The number of anilines is 1. The number of hydrogen-bond acceptors (Lipinski definition) is 6. The van der Waals surface area contributed by atoms with Gasteiger partial charge in [-0.2, -0.15) is 8.78 Å². The number of H-pyrrole nitrogens is 1. The van der Waals surface area contributed by atoms with Crippen molar-refractivity contribution >= 4 is 33.7 Å². The van der Waals surface area contributed by atoms with Gasteiger partial charge in [0.2, 0.25) is 17.4 Å². The van der Waals surface area contributed by atoms with Gasteiger partial charge in [0.1, 0.15) is 29.2 Å². The number of carbonyl (C=O) groups excluding carboxylic acids is 1. The summed E-state index contributed by atoms with van der Waals surface area (Å²) < 4.78 is 64.5. The molecular weight excluding hydrogens is 578 g/mol. The lowest BCUT2D eigenvalue weighted by Crippen LogP contribution is -2.43. The maximum absolute atomic E-state index is 13.7. The Morgan fingerprint density at radius 2 is 1.68 bits per heavy atom. The van der Waals surface area contributed by atoms with Gasteiger partial charge in [-0.3, -0.25) is 4.79 Å². The van der Waals surface area contributed by atoms with Crippen LogP contribution in [0.15, 0.2) is 24.3 Å². The predicted octanol–water partition coefficient (Wildman–Crippen LogP) is 6.39. The number of halogens is 4. The van der Waals surface area contributed by atoms with Gasteiger partial charge in [-0.1, -0.05) is 25.5 Å². The number of hydrogen-bond donors (Lipinski definition) is 2. The van der Waals surface area contributed by atoms with Gasteiger partial charge in [0.05, 0.1) is 45.8 Å². The number of carbonyl (C=O) groups is 1. The number of imidazole rings is 1. The fraction of sp³-hybridized carbons (Fsp3) is 0.469. The smallest absolute Gasteiger partial charge is 0.313 e. The molecule has 12 heteroatoms. The molecule has 3 N–H and O–H groups in total. The number of nitrogen functional groups attached to an aromatic ring is 1. The normalized spacial score (nSPS) is 12.0. The van der Waals surface area contributed by atoms with E-state index in [1.54, 1.807) is 0 Å². The van der Waals surface area contributed by atoms with Gasteiger partial charge >= 0.3 is 5.97 Å². The minimum Gasteiger partial charge on any atom is -0.420 e. The van der Waals surface area contributed by atoms with Gasteiger partial charge in [-0.15, -0.1) is 0 Å². The van der Waals surface area contributed by atoms with E-state index in [4.69, 9.17) is 15.5 Å². The maximum atomic E-state index is 13.7. The summed E-state index contributed by atoms with van der Waals surface area (Å²) in [6.07, 6.45) is 6.76. The molecule has 44 heavy (non-hydrogen) atoms. The second-order valence-electron chi connectivity index (χ2n) is 11.7. The molecule has 4 rings (SSSR count). The monoisotopic (exact) mass is 618 g/mol. The molecule has 0 atom stereocenters. The van der Waals surface area contributed by atoms with E-state index in [0.717, 1.165) is 79.3 Å². The van der Waals surface area contributed by atoms with Crippen LogP contribution in [0.2, 0.25) is 0 Å². The van der Waals surface area contributed by atoms with Crippen LogP contribution in [0.5, 0.6) is 5.75 Å². The molecule has 0 radical (unpaired) electrons. The Labute approximate surface area is 254 Å². The Morgan fingerprint density at radius 1 is 0.932 bits per heavy atom. The largest absolute Gasteiger partial charge is 0.420 e. The number of nitrogens with one attached hydrogen (secondary N) is 1. The first-order valence-corrected chi connectivity index (χ1v) is 15.0. The zero-order valence-corrected chi connectivity index (χ0v) is 25.5. The highest BCUT2D eigenvalue weighted by atomic mass is 19.2. The van der Waals surface area contributed by atoms with Crippen molar-refractivity contribution in [1.29, 1.82) is 0 Å². The third-order valence-electron chi connectivity index (χ3n) is 7.64. The van der Waals surface area contributed by atoms with Gasteiger partial charge in [0.15, 0.2) is 11.6 Å². The summed E-state index contributed by atoms with van der Waals surface area (Å²) >= 11 is 0. The Hall–Kier alpha value is -3.77. The topological polar surface area (TPSA) is 103 Å².